The number of halogens is 6. The quantitative estimate of drug-likeness (QED) is 0.132. The number of pyridine rings is 1. The molecule has 1 unspecified atom stereocenters. The highest BCUT2D eigenvalue weighted by atomic mass is 35.5. The summed E-state index contributed by atoms with van der Waals surface area (Å²) in [6.45, 7) is 15.4. The zero-order valence-corrected chi connectivity index (χ0v) is 41.5. The summed E-state index contributed by atoms with van der Waals surface area (Å²) >= 11 is 13.0. The second-order valence-electron chi connectivity index (χ2n) is 19.6. The molecule has 3 aromatic carbocycles. The molecule has 69 heavy (non-hydrogen) atoms. The Bertz CT molecular complexity index is 2880. The summed E-state index contributed by atoms with van der Waals surface area (Å²) in [5, 5.41) is 3.13. The molecule has 3 aromatic heterocycles. The monoisotopic (exact) mass is 987 g/mol. The molecule has 0 amide bonds. The number of nitrogen functional groups attached to an aromatic ring is 1. The van der Waals surface area contributed by atoms with Crippen molar-refractivity contribution in [3.05, 3.63) is 98.2 Å². The third-order valence-corrected chi connectivity index (χ3v) is 15.0. The minimum absolute atomic E-state index is 0.0403. The van der Waals surface area contributed by atoms with Crippen LogP contribution in [0.3, 0.4) is 0 Å². The SMILES string of the molecule is CC(C)c1nc(OCC23CCCN2CCC3)nc2c1CCN(c1cccc3cccc(Cl)c13)C2.Cc1cc(N)nc(-c2c(Cl)cc3c(C(C)C)nc(OCC4CCCN4C)nc3c2F)c1C(F)(F)F. The summed E-state index contributed by atoms with van der Waals surface area (Å²) in [6.07, 6.45) is 3.13. The standard InChI is InChI=1S/C28H33ClN4O.C24H26ClF4N5O/c1-19(2)26-21-11-16-32(24-10-4-8-20-7-3-9-22(29)25(20)24)17-23(21)30-27(31-26)34-18-28-12-5-14-33(28)15-6-13-28;1-11(2)20-14-9-15(25)17(22-18(24(27,28)29)12(3)8-16(30)31-22)19(26)21(14)33-23(32-20)35-10-13-6-5-7-34(13)4/h3-4,7-10,19H,5-6,11-18H2,1-2H3;8-9,11,13H,5-7,10H2,1-4H3,(H2,30,31). The van der Waals surface area contributed by atoms with E-state index in [1.165, 1.54) is 68.4 Å². The van der Waals surface area contributed by atoms with E-state index in [9.17, 15) is 13.2 Å². The minimum atomic E-state index is -4.80. The van der Waals surface area contributed by atoms with E-state index in [-0.39, 0.29) is 45.4 Å². The zero-order chi connectivity index (χ0) is 48.9. The van der Waals surface area contributed by atoms with Crippen LogP contribution in [-0.4, -0.2) is 92.7 Å². The van der Waals surface area contributed by atoms with Crippen LogP contribution in [-0.2, 0) is 19.1 Å². The molecule has 3 saturated heterocycles. The van der Waals surface area contributed by atoms with E-state index in [1.807, 2.05) is 33.0 Å². The average molecular weight is 989 g/mol. The number of benzene rings is 3. The number of hydrogen-bond acceptors (Lipinski definition) is 11. The van der Waals surface area contributed by atoms with Gasteiger partial charge in [0.15, 0.2) is 5.82 Å². The van der Waals surface area contributed by atoms with Crippen LogP contribution < -0.4 is 20.1 Å². The van der Waals surface area contributed by atoms with Gasteiger partial charge in [-0.25, -0.2) is 9.37 Å². The molecular weight excluding hydrogens is 930 g/mol. The van der Waals surface area contributed by atoms with Crippen LogP contribution in [0.25, 0.3) is 32.9 Å². The molecule has 17 heteroatoms. The van der Waals surface area contributed by atoms with Gasteiger partial charge in [0.1, 0.15) is 24.5 Å². The Kier molecular flexibility index (Phi) is 13.9. The minimum Gasteiger partial charge on any atom is -0.462 e. The molecule has 4 aliphatic rings. The number of aromatic nitrogens is 5. The lowest BCUT2D eigenvalue weighted by Crippen LogP contribution is -2.43. The van der Waals surface area contributed by atoms with Crippen molar-refractivity contribution in [2.45, 2.75) is 116 Å². The number of nitrogens with zero attached hydrogens (tertiary/aromatic N) is 8. The van der Waals surface area contributed by atoms with Gasteiger partial charge in [0, 0.05) is 29.0 Å². The predicted octanol–water partition coefficient (Wildman–Crippen LogP) is 12.0. The molecule has 4 aliphatic heterocycles. The maximum atomic E-state index is 16.0. The first kappa shape index (κ1) is 48.9. The second kappa shape index (κ2) is 19.6. The smallest absolute Gasteiger partial charge is 0.418 e. The lowest BCUT2D eigenvalue weighted by atomic mass is 9.95. The van der Waals surface area contributed by atoms with Crippen molar-refractivity contribution >= 4 is 56.4 Å². The number of likely N-dealkylation sites (N-methyl/N-ethyl adjacent to an activating group) is 1. The molecule has 0 saturated carbocycles. The number of rotatable bonds is 10. The van der Waals surface area contributed by atoms with Gasteiger partial charge in [-0.05, 0) is 131 Å². The van der Waals surface area contributed by atoms with E-state index in [1.54, 1.807) is 0 Å². The fraction of sp³-hybridized carbons (Fsp3) is 0.481. The largest absolute Gasteiger partial charge is 0.462 e. The molecule has 0 radical (unpaired) electrons. The zero-order valence-electron chi connectivity index (χ0n) is 40.0. The van der Waals surface area contributed by atoms with Crippen LogP contribution in [0.15, 0.2) is 48.5 Å². The number of ether oxygens (including phenoxy) is 2. The second-order valence-corrected chi connectivity index (χ2v) is 20.4. The van der Waals surface area contributed by atoms with E-state index in [4.69, 9.17) is 48.4 Å². The van der Waals surface area contributed by atoms with E-state index >= 15 is 4.39 Å². The molecule has 0 bridgehead atoms. The number of hydrogen-bond donors (Lipinski definition) is 1. The van der Waals surface area contributed by atoms with Gasteiger partial charge >= 0.3 is 18.2 Å². The Morgan fingerprint density at radius 2 is 1.54 bits per heavy atom. The molecule has 2 N–H and O–H groups in total. The van der Waals surface area contributed by atoms with Crippen molar-refractivity contribution in [2.75, 3.05) is 57.1 Å². The van der Waals surface area contributed by atoms with Crippen molar-refractivity contribution in [1.82, 2.24) is 34.7 Å². The van der Waals surface area contributed by atoms with Gasteiger partial charge in [-0.1, -0.05) is 75.2 Å². The highest BCUT2D eigenvalue weighted by molar-refractivity contribution is 6.36. The molecule has 6 aromatic rings. The van der Waals surface area contributed by atoms with E-state index in [2.05, 4.69) is 67.8 Å². The van der Waals surface area contributed by atoms with Crippen LogP contribution in [0.4, 0.5) is 29.1 Å². The molecule has 7 heterocycles. The van der Waals surface area contributed by atoms with Crippen LogP contribution in [0.1, 0.15) is 112 Å². The fourth-order valence-corrected chi connectivity index (χ4v) is 11.5. The summed E-state index contributed by atoms with van der Waals surface area (Å²) in [7, 11) is 1.99. The highest BCUT2D eigenvalue weighted by Gasteiger charge is 2.45. The summed E-state index contributed by atoms with van der Waals surface area (Å²) in [5.41, 5.74) is 8.43. The van der Waals surface area contributed by atoms with Gasteiger partial charge < -0.3 is 25.0 Å². The molecule has 3 fully saturated rings. The fourth-order valence-electron chi connectivity index (χ4n) is 10.9. The number of fused-ring (bicyclic) bond motifs is 4. The molecule has 366 valence electrons. The number of nitrogens with two attached hydrogens (primary N) is 1. The lowest BCUT2D eigenvalue weighted by Gasteiger charge is -2.33. The first-order valence-corrected chi connectivity index (χ1v) is 24.7. The topological polar surface area (TPSA) is 119 Å². The van der Waals surface area contributed by atoms with E-state index in [0.717, 1.165) is 66.8 Å². The number of aryl methyl sites for hydroxylation is 1. The van der Waals surface area contributed by atoms with E-state index < -0.39 is 28.8 Å². The Morgan fingerprint density at radius 3 is 2.22 bits per heavy atom. The Morgan fingerprint density at radius 1 is 0.841 bits per heavy atom. The maximum Gasteiger partial charge on any atom is 0.418 e. The third kappa shape index (κ3) is 9.73. The molecule has 0 aliphatic carbocycles. The molecule has 0 spiro atoms. The molecule has 11 nitrogen and oxygen atoms in total. The lowest BCUT2D eigenvalue weighted by molar-refractivity contribution is -0.137. The van der Waals surface area contributed by atoms with E-state index in [0.29, 0.717) is 36.2 Å². The van der Waals surface area contributed by atoms with Crippen molar-refractivity contribution < 1.29 is 27.0 Å². The van der Waals surface area contributed by atoms with Gasteiger partial charge in [0.25, 0.3) is 0 Å². The Balaban J connectivity index is 0.000000172. The van der Waals surface area contributed by atoms with Crippen molar-refractivity contribution in [3.8, 4) is 23.3 Å². The summed E-state index contributed by atoms with van der Waals surface area (Å²) in [4.78, 5) is 29.6. The number of anilines is 2. The van der Waals surface area contributed by atoms with Gasteiger partial charge in [0.05, 0.1) is 56.0 Å². The first-order valence-electron chi connectivity index (χ1n) is 24.0. The van der Waals surface area contributed by atoms with Crippen LogP contribution in [0.5, 0.6) is 12.0 Å². The van der Waals surface area contributed by atoms with Crippen molar-refractivity contribution in [2.24, 2.45) is 0 Å². The van der Waals surface area contributed by atoms with Crippen LogP contribution >= 0.6 is 23.2 Å². The Hall–Kier alpha value is -5.09. The van der Waals surface area contributed by atoms with Crippen LogP contribution in [0.2, 0.25) is 10.0 Å². The predicted molar refractivity (Wildman–Crippen MR) is 265 cm³/mol. The van der Waals surface area contributed by atoms with Gasteiger partial charge in [-0.3, -0.25) is 4.90 Å². The maximum absolute atomic E-state index is 16.0. The summed E-state index contributed by atoms with van der Waals surface area (Å²) in [5.74, 6) is -1.04. The van der Waals surface area contributed by atoms with Crippen molar-refractivity contribution in [3.63, 3.8) is 0 Å². The van der Waals surface area contributed by atoms with Gasteiger partial charge in [-0.2, -0.15) is 33.1 Å². The molecule has 10 rings (SSSR count). The Labute approximate surface area is 410 Å². The normalized spacial score (nSPS) is 18.3. The molecule has 1 atom stereocenters. The third-order valence-electron chi connectivity index (χ3n) is 14.3. The number of alkyl halides is 3. The van der Waals surface area contributed by atoms with Gasteiger partial charge in [-0.15, -0.1) is 0 Å². The van der Waals surface area contributed by atoms with Crippen molar-refractivity contribution in [1.29, 1.82) is 0 Å². The first-order chi connectivity index (χ1) is 32.9. The summed E-state index contributed by atoms with van der Waals surface area (Å²) in [6, 6.07) is 15.7. The van der Waals surface area contributed by atoms with Crippen LogP contribution in [0, 0.1) is 12.7 Å². The highest BCUT2D eigenvalue weighted by Crippen LogP contribution is 2.45. The average Bonchev–Trinajstić information content (AvgIpc) is 4.02. The molecular formula is C52H59Cl2F4N9O2. The van der Waals surface area contributed by atoms with Gasteiger partial charge in [0.2, 0.25) is 0 Å². The number of likely N-dealkylation sites (tertiary alicyclic amines) is 1. The summed E-state index contributed by atoms with van der Waals surface area (Å²) < 4.78 is 70.0.